The summed E-state index contributed by atoms with van der Waals surface area (Å²) in [4.78, 5) is 12.8. The molecule has 0 aromatic heterocycles. The van der Waals surface area contributed by atoms with Crippen molar-refractivity contribution >= 4 is 5.97 Å². The van der Waals surface area contributed by atoms with Gasteiger partial charge in [0.05, 0.1) is 6.42 Å². The maximum atomic E-state index is 10.4. The molecule has 3 heteroatoms. The molecule has 3 nitrogen and oxygen atoms in total. The highest BCUT2D eigenvalue weighted by Crippen LogP contribution is 2.21. The molecule has 0 aromatic carbocycles. The molecule has 0 radical (unpaired) electrons. The maximum Gasteiger partial charge on any atom is 0.303 e. The first-order chi connectivity index (χ1) is 6.61. The minimum Gasteiger partial charge on any atom is -0.481 e. The van der Waals surface area contributed by atoms with Crippen LogP contribution in [0, 0.1) is 11.8 Å². The molecule has 0 bridgehead atoms. The molecule has 1 unspecified atom stereocenters. The molecule has 0 aromatic rings. The summed E-state index contributed by atoms with van der Waals surface area (Å²) < 4.78 is 0. The third-order valence-corrected chi connectivity index (χ3v) is 2.85. The summed E-state index contributed by atoms with van der Waals surface area (Å²) in [5.41, 5.74) is 0. The van der Waals surface area contributed by atoms with Gasteiger partial charge in [-0.05, 0) is 18.3 Å². The van der Waals surface area contributed by atoms with E-state index in [4.69, 9.17) is 5.11 Å². The summed E-state index contributed by atoms with van der Waals surface area (Å²) in [5.74, 6) is 0.503. The lowest BCUT2D eigenvalue weighted by Gasteiger charge is -2.40. The van der Waals surface area contributed by atoms with Crippen molar-refractivity contribution in [3.05, 3.63) is 0 Å². The van der Waals surface area contributed by atoms with Crippen molar-refractivity contribution in [2.45, 2.75) is 33.1 Å². The van der Waals surface area contributed by atoms with Crippen LogP contribution in [0.2, 0.25) is 0 Å². The van der Waals surface area contributed by atoms with Crippen molar-refractivity contribution in [2.75, 3.05) is 19.6 Å². The van der Waals surface area contributed by atoms with E-state index >= 15 is 0 Å². The van der Waals surface area contributed by atoms with E-state index in [1.165, 1.54) is 12.8 Å². The predicted octanol–water partition coefficient (Wildman–Crippen LogP) is 1.83. The van der Waals surface area contributed by atoms with E-state index in [2.05, 4.69) is 18.7 Å². The number of rotatable bonds is 6. The number of likely N-dealkylation sites (tertiary alicyclic amines) is 1. The van der Waals surface area contributed by atoms with Gasteiger partial charge in [0.25, 0.3) is 0 Å². The molecule has 1 atom stereocenters. The molecule has 0 saturated carbocycles. The molecule has 1 aliphatic rings. The van der Waals surface area contributed by atoms with Crippen LogP contribution in [-0.4, -0.2) is 35.6 Å². The SMILES string of the molecule is CCCC(C)CN1CC(CC(=O)O)C1. The summed E-state index contributed by atoms with van der Waals surface area (Å²) in [6.45, 7) is 7.60. The molecule has 1 saturated heterocycles. The molecule has 0 amide bonds. The van der Waals surface area contributed by atoms with E-state index in [0.29, 0.717) is 12.3 Å². The van der Waals surface area contributed by atoms with Gasteiger partial charge in [-0.15, -0.1) is 0 Å². The largest absolute Gasteiger partial charge is 0.481 e. The zero-order valence-corrected chi connectivity index (χ0v) is 9.20. The molecule has 82 valence electrons. The van der Waals surface area contributed by atoms with Crippen molar-refractivity contribution in [2.24, 2.45) is 11.8 Å². The topological polar surface area (TPSA) is 40.5 Å². The average Bonchev–Trinajstić information content (AvgIpc) is 2.00. The standard InChI is InChI=1S/C11H21NO2/c1-3-4-9(2)6-12-7-10(8-12)5-11(13)14/h9-10H,3-8H2,1-2H3,(H,13,14). The Hall–Kier alpha value is -0.570. The van der Waals surface area contributed by atoms with Crippen LogP contribution in [0.4, 0.5) is 0 Å². The van der Waals surface area contributed by atoms with E-state index in [-0.39, 0.29) is 0 Å². The first-order valence-electron chi connectivity index (χ1n) is 5.56. The number of carbonyl (C=O) groups is 1. The van der Waals surface area contributed by atoms with Crippen LogP contribution >= 0.6 is 0 Å². The fourth-order valence-electron chi connectivity index (χ4n) is 2.23. The Morgan fingerprint density at radius 1 is 1.57 bits per heavy atom. The Kier molecular flexibility index (Phi) is 4.39. The van der Waals surface area contributed by atoms with Gasteiger partial charge in [-0.3, -0.25) is 4.79 Å². The summed E-state index contributed by atoms with van der Waals surface area (Å²) in [6.07, 6.45) is 2.87. The predicted molar refractivity (Wildman–Crippen MR) is 56.3 cm³/mol. The van der Waals surface area contributed by atoms with Crippen molar-refractivity contribution in [1.82, 2.24) is 4.90 Å². The first-order valence-corrected chi connectivity index (χ1v) is 5.56. The van der Waals surface area contributed by atoms with Crippen LogP contribution in [0.5, 0.6) is 0 Å². The van der Waals surface area contributed by atoms with Gasteiger partial charge in [-0.2, -0.15) is 0 Å². The van der Waals surface area contributed by atoms with Gasteiger partial charge in [0.1, 0.15) is 0 Å². The van der Waals surface area contributed by atoms with E-state index in [9.17, 15) is 4.79 Å². The fraction of sp³-hybridized carbons (Fsp3) is 0.909. The monoisotopic (exact) mass is 199 g/mol. The van der Waals surface area contributed by atoms with Crippen molar-refractivity contribution in [1.29, 1.82) is 0 Å². The van der Waals surface area contributed by atoms with Crippen molar-refractivity contribution in [3.63, 3.8) is 0 Å². The van der Waals surface area contributed by atoms with Crippen LogP contribution < -0.4 is 0 Å². The maximum absolute atomic E-state index is 10.4. The van der Waals surface area contributed by atoms with E-state index in [1.807, 2.05) is 0 Å². The molecule has 1 rings (SSSR count). The highest BCUT2D eigenvalue weighted by Gasteiger charge is 2.28. The number of nitrogens with zero attached hydrogens (tertiary/aromatic N) is 1. The second-order valence-corrected chi connectivity index (χ2v) is 4.58. The smallest absolute Gasteiger partial charge is 0.303 e. The van der Waals surface area contributed by atoms with Gasteiger partial charge in [0.2, 0.25) is 0 Å². The number of hydrogen-bond donors (Lipinski definition) is 1. The van der Waals surface area contributed by atoms with Crippen molar-refractivity contribution < 1.29 is 9.90 Å². The third kappa shape index (κ3) is 3.66. The third-order valence-electron chi connectivity index (χ3n) is 2.85. The Bertz CT molecular complexity index is 188. The zero-order chi connectivity index (χ0) is 10.6. The highest BCUT2D eigenvalue weighted by molar-refractivity contribution is 5.67. The molecule has 14 heavy (non-hydrogen) atoms. The molecule has 1 fully saturated rings. The van der Waals surface area contributed by atoms with Gasteiger partial charge in [0.15, 0.2) is 0 Å². The van der Waals surface area contributed by atoms with E-state index < -0.39 is 5.97 Å². The minimum atomic E-state index is -0.656. The van der Waals surface area contributed by atoms with Gasteiger partial charge >= 0.3 is 5.97 Å². The summed E-state index contributed by atoms with van der Waals surface area (Å²) >= 11 is 0. The van der Waals surface area contributed by atoms with Gasteiger partial charge in [0, 0.05) is 19.6 Å². The number of aliphatic carboxylic acids is 1. The van der Waals surface area contributed by atoms with Crippen LogP contribution in [0.3, 0.4) is 0 Å². The molecule has 0 aliphatic carbocycles. The second kappa shape index (κ2) is 5.35. The Labute approximate surface area is 86.1 Å². The quantitative estimate of drug-likeness (QED) is 0.709. The summed E-state index contributed by atoms with van der Waals surface area (Å²) in [5, 5.41) is 8.58. The van der Waals surface area contributed by atoms with Crippen LogP contribution in [0.15, 0.2) is 0 Å². The lowest BCUT2D eigenvalue weighted by molar-refractivity contribution is -0.139. The normalized spacial score (nSPS) is 20.4. The van der Waals surface area contributed by atoms with E-state index in [0.717, 1.165) is 25.6 Å². The lowest BCUT2D eigenvalue weighted by atomic mass is 9.94. The minimum absolute atomic E-state index is 0.346. The number of carboxylic acid groups (broad SMARTS) is 1. The lowest BCUT2D eigenvalue weighted by Crippen LogP contribution is -2.48. The van der Waals surface area contributed by atoms with Gasteiger partial charge in [-0.25, -0.2) is 0 Å². The Morgan fingerprint density at radius 2 is 2.21 bits per heavy atom. The Morgan fingerprint density at radius 3 is 2.71 bits per heavy atom. The fourth-order valence-corrected chi connectivity index (χ4v) is 2.23. The molecule has 1 heterocycles. The average molecular weight is 199 g/mol. The highest BCUT2D eigenvalue weighted by atomic mass is 16.4. The van der Waals surface area contributed by atoms with Crippen LogP contribution in [-0.2, 0) is 4.79 Å². The molecule has 1 aliphatic heterocycles. The van der Waals surface area contributed by atoms with Crippen molar-refractivity contribution in [3.8, 4) is 0 Å². The number of hydrogen-bond acceptors (Lipinski definition) is 2. The first kappa shape index (κ1) is 11.5. The molecule has 1 N–H and O–H groups in total. The molecular weight excluding hydrogens is 178 g/mol. The van der Waals surface area contributed by atoms with E-state index in [1.54, 1.807) is 0 Å². The number of carboxylic acids is 1. The van der Waals surface area contributed by atoms with Crippen LogP contribution in [0.25, 0.3) is 0 Å². The Balaban J connectivity index is 2.06. The molecule has 0 spiro atoms. The van der Waals surface area contributed by atoms with Gasteiger partial charge in [-0.1, -0.05) is 20.3 Å². The zero-order valence-electron chi connectivity index (χ0n) is 9.20. The summed E-state index contributed by atoms with van der Waals surface area (Å²) in [7, 11) is 0. The summed E-state index contributed by atoms with van der Waals surface area (Å²) in [6, 6.07) is 0. The second-order valence-electron chi connectivity index (χ2n) is 4.58. The molecular formula is C11H21NO2. The van der Waals surface area contributed by atoms with Gasteiger partial charge < -0.3 is 10.0 Å². The van der Waals surface area contributed by atoms with Crippen LogP contribution in [0.1, 0.15) is 33.1 Å².